The number of anilines is 1. The van der Waals surface area contributed by atoms with Gasteiger partial charge in [0.25, 0.3) is 5.91 Å². The van der Waals surface area contributed by atoms with Crippen LogP contribution in [0, 0.1) is 12.8 Å². The molecular formula is C25H23ClN2O3. The summed E-state index contributed by atoms with van der Waals surface area (Å²) in [7, 11) is 0. The van der Waals surface area contributed by atoms with Gasteiger partial charge in [0, 0.05) is 11.1 Å². The average molecular weight is 435 g/mol. The van der Waals surface area contributed by atoms with E-state index in [1.165, 1.54) is 0 Å². The zero-order valence-corrected chi connectivity index (χ0v) is 18.4. The van der Waals surface area contributed by atoms with Crippen molar-refractivity contribution in [3.05, 3.63) is 76.8 Å². The van der Waals surface area contributed by atoms with E-state index in [0.29, 0.717) is 46.0 Å². The van der Waals surface area contributed by atoms with Crippen molar-refractivity contribution in [1.82, 2.24) is 4.98 Å². The first-order valence-corrected chi connectivity index (χ1v) is 10.5. The van der Waals surface area contributed by atoms with Crippen LogP contribution in [0.5, 0.6) is 5.75 Å². The molecule has 4 rings (SSSR count). The van der Waals surface area contributed by atoms with E-state index >= 15 is 0 Å². The maximum absolute atomic E-state index is 12.8. The minimum atomic E-state index is -0.276. The number of oxazole rings is 1. The number of hydrogen-bond acceptors (Lipinski definition) is 4. The molecule has 0 atom stereocenters. The topological polar surface area (TPSA) is 64.4 Å². The summed E-state index contributed by atoms with van der Waals surface area (Å²) >= 11 is 6.34. The van der Waals surface area contributed by atoms with E-state index in [1.54, 1.807) is 30.3 Å². The Balaban J connectivity index is 1.57. The fourth-order valence-corrected chi connectivity index (χ4v) is 3.26. The van der Waals surface area contributed by atoms with Crippen molar-refractivity contribution in [2.24, 2.45) is 5.92 Å². The van der Waals surface area contributed by atoms with Crippen LogP contribution < -0.4 is 10.1 Å². The van der Waals surface area contributed by atoms with Crippen molar-refractivity contribution in [2.75, 3.05) is 11.9 Å². The van der Waals surface area contributed by atoms with Gasteiger partial charge in [0.2, 0.25) is 5.89 Å². The predicted molar refractivity (Wildman–Crippen MR) is 124 cm³/mol. The highest BCUT2D eigenvalue weighted by Gasteiger charge is 2.14. The van der Waals surface area contributed by atoms with Gasteiger partial charge in [-0.05, 0) is 66.9 Å². The number of fused-ring (bicyclic) bond motifs is 1. The molecule has 0 bridgehead atoms. The molecule has 5 nitrogen and oxygen atoms in total. The lowest BCUT2D eigenvalue weighted by Gasteiger charge is -2.11. The largest absolute Gasteiger partial charge is 0.493 e. The molecule has 0 saturated heterocycles. The molecule has 0 radical (unpaired) electrons. The molecule has 0 spiro atoms. The number of hydrogen-bond donors (Lipinski definition) is 1. The number of rotatable bonds is 6. The molecule has 0 fully saturated rings. The SMILES string of the molecule is Cc1ccc2oc(-c3ccc(Cl)c(NC(=O)c4cccc(OCC(C)C)c4)c3)nc2c1. The highest BCUT2D eigenvalue weighted by molar-refractivity contribution is 6.34. The summed E-state index contributed by atoms with van der Waals surface area (Å²) in [6.45, 7) is 6.74. The number of ether oxygens (including phenoxy) is 1. The zero-order chi connectivity index (χ0) is 22.0. The molecule has 158 valence electrons. The summed E-state index contributed by atoms with van der Waals surface area (Å²) in [5.74, 6) is 1.25. The Labute approximate surface area is 186 Å². The van der Waals surface area contributed by atoms with Gasteiger partial charge in [0.05, 0.1) is 17.3 Å². The Hall–Kier alpha value is -3.31. The van der Waals surface area contributed by atoms with Crippen LogP contribution in [-0.2, 0) is 0 Å². The molecule has 0 aliphatic heterocycles. The van der Waals surface area contributed by atoms with Crippen molar-refractivity contribution in [3.8, 4) is 17.2 Å². The molecule has 0 aliphatic rings. The number of aryl methyl sites for hydroxylation is 1. The van der Waals surface area contributed by atoms with Gasteiger partial charge < -0.3 is 14.5 Å². The number of carbonyl (C=O) groups is 1. The monoisotopic (exact) mass is 434 g/mol. The summed E-state index contributed by atoms with van der Waals surface area (Å²) in [5.41, 5.74) is 4.29. The van der Waals surface area contributed by atoms with Crippen LogP contribution in [0.2, 0.25) is 5.02 Å². The summed E-state index contributed by atoms with van der Waals surface area (Å²) in [6.07, 6.45) is 0. The molecule has 4 aromatic rings. The van der Waals surface area contributed by atoms with E-state index in [0.717, 1.165) is 16.6 Å². The summed E-state index contributed by atoms with van der Waals surface area (Å²) in [6, 6.07) is 18.2. The van der Waals surface area contributed by atoms with Crippen LogP contribution >= 0.6 is 11.6 Å². The fraction of sp³-hybridized carbons (Fsp3) is 0.200. The normalized spacial score (nSPS) is 11.1. The van der Waals surface area contributed by atoms with Gasteiger partial charge in [-0.25, -0.2) is 4.98 Å². The van der Waals surface area contributed by atoms with Crippen molar-refractivity contribution < 1.29 is 13.9 Å². The molecule has 1 heterocycles. The van der Waals surface area contributed by atoms with E-state index < -0.39 is 0 Å². The Morgan fingerprint density at radius 3 is 2.77 bits per heavy atom. The maximum atomic E-state index is 12.8. The number of aromatic nitrogens is 1. The minimum Gasteiger partial charge on any atom is -0.493 e. The van der Waals surface area contributed by atoms with E-state index in [2.05, 4.69) is 24.1 Å². The average Bonchev–Trinajstić information content (AvgIpc) is 3.17. The third-order valence-corrected chi connectivity index (χ3v) is 5.01. The molecule has 1 amide bonds. The fourth-order valence-electron chi connectivity index (χ4n) is 3.10. The third kappa shape index (κ3) is 4.89. The standard InChI is InChI=1S/C25H23ClN2O3/c1-15(2)14-30-19-6-4-5-17(12-19)24(29)27-21-13-18(8-9-20(21)26)25-28-22-11-16(3)7-10-23(22)31-25/h4-13,15H,14H2,1-3H3,(H,27,29). The molecule has 0 aliphatic carbocycles. The first-order chi connectivity index (χ1) is 14.9. The van der Waals surface area contributed by atoms with Gasteiger partial charge in [0.15, 0.2) is 5.58 Å². The van der Waals surface area contributed by atoms with Crippen LogP contribution in [0.25, 0.3) is 22.6 Å². The number of halogens is 1. The Bertz CT molecular complexity index is 1250. The second-order valence-corrected chi connectivity index (χ2v) is 8.28. The molecule has 1 aromatic heterocycles. The van der Waals surface area contributed by atoms with Gasteiger partial charge in [0.1, 0.15) is 11.3 Å². The van der Waals surface area contributed by atoms with Crippen LogP contribution in [0.1, 0.15) is 29.8 Å². The van der Waals surface area contributed by atoms with Crippen molar-refractivity contribution in [1.29, 1.82) is 0 Å². The highest BCUT2D eigenvalue weighted by atomic mass is 35.5. The van der Waals surface area contributed by atoms with E-state index in [9.17, 15) is 4.79 Å². The summed E-state index contributed by atoms with van der Waals surface area (Å²) in [4.78, 5) is 17.4. The van der Waals surface area contributed by atoms with Gasteiger partial charge in [-0.1, -0.05) is 37.6 Å². The molecule has 3 aromatic carbocycles. The van der Waals surface area contributed by atoms with E-state index in [4.69, 9.17) is 20.8 Å². The van der Waals surface area contributed by atoms with Gasteiger partial charge in [-0.3, -0.25) is 4.79 Å². The first-order valence-electron chi connectivity index (χ1n) is 10.1. The van der Waals surface area contributed by atoms with Crippen LogP contribution in [-0.4, -0.2) is 17.5 Å². The quantitative estimate of drug-likeness (QED) is 0.364. The van der Waals surface area contributed by atoms with Crippen LogP contribution in [0.4, 0.5) is 5.69 Å². The van der Waals surface area contributed by atoms with E-state index in [1.807, 2.05) is 37.3 Å². The molecule has 31 heavy (non-hydrogen) atoms. The van der Waals surface area contributed by atoms with E-state index in [-0.39, 0.29) is 5.91 Å². The van der Waals surface area contributed by atoms with Gasteiger partial charge in [-0.15, -0.1) is 0 Å². The Morgan fingerprint density at radius 2 is 1.97 bits per heavy atom. The number of nitrogens with one attached hydrogen (secondary N) is 1. The molecular weight excluding hydrogens is 412 g/mol. The zero-order valence-electron chi connectivity index (χ0n) is 17.6. The lowest BCUT2D eigenvalue weighted by Crippen LogP contribution is -2.13. The Kier molecular flexibility index (Phi) is 5.96. The smallest absolute Gasteiger partial charge is 0.255 e. The summed E-state index contributed by atoms with van der Waals surface area (Å²) < 4.78 is 11.6. The van der Waals surface area contributed by atoms with Gasteiger partial charge >= 0.3 is 0 Å². The molecule has 0 unspecified atom stereocenters. The molecule has 1 N–H and O–H groups in total. The lowest BCUT2D eigenvalue weighted by molar-refractivity contribution is 0.102. The number of nitrogens with zero attached hydrogens (tertiary/aromatic N) is 1. The van der Waals surface area contributed by atoms with Crippen molar-refractivity contribution in [3.63, 3.8) is 0 Å². The second kappa shape index (κ2) is 8.82. The van der Waals surface area contributed by atoms with Crippen molar-refractivity contribution in [2.45, 2.75) is 20.8 Å². The number of benzene rings is 3. The minimum absolute atomic E-state index is 0.276. The maximum Gasteiger partial charge on any atom is 0.255 e. The summed E-state index contributed by atoms with van der Waals surface area (Å²) in [5, 5.41) is 3.30. The molecule has 6 heteroatoms. The predicted octanol–water partition coefficient (Wildman–Crippen LogP) is 6.74. The first kappa shape index (κ1) is 20.9. The lowest BCUT2D eigenvalue weighted by atomic mass is 10.1. The number of amides is 1. The molecule has 0 saturated carbocycles. The number of carbonyl (C=O) groups excluding carboxylic acids is 1. The third-order valence-electron chi connectivity index (χ3n) is 4.68. The Morgan fingerprint density at radius 1 is 1.13 bits per heavy atom. The van der Waals surface area contributed by atoms with Crippen LogP contribution in [0.15, 0.2) is 65.1 Å². The van der Waals surface area contributed by atoms with Crippen molar-refractivity contribution >= 4 is 34.3 Å². The van der Waals surface area contributed by atoms with Gasteiger partial charge in [-0.2, -0.15) is 0 Å². The highest BCUT2D eigenvalue weighted by Crippen LogP contribution is 2.31. The van der Waals surface area contributed by atoms with Crippen LogP contribution in [0.3, 0.4) is 0 Å². The second-order valence-electron chi connectivity index (χ2n) is 7.87.